The lowest BCUT2D eigenvalue weighted by molar-refractivity contribution is -0.120. The van der Waals surface area contributed by atoms with Gasteiger partial charge in [0.15, 0.2) is 0 Å². The summed E-state index contributed by atoms with van der Waals surface area (Å²) < 4.78 is 5.05. The van der Waals surface area contributed by atoms with Crippen molar-refractivity contribution in [1.29, 1.82) is 0 Å². The van der Waals surface area contributed by atoms with Crippen LogP contribution < -0.4 is 0 Å². The summed E-state index contributed by atoms with van der Waals surface area (Å²) in [5, 5.41) is 3.78. The van der Waals surface area contributed by atoms with Crippen LogP contribution >= 0.6 is 0 Å². The zero-order valence-electron chi connectivity index (χ0n) is 9.62. The fourth-order valence-corrected chi connectivity index (χ4v) is 1.37. The highest BCUT2D eigenvalue weighted by Crippen LogP contribution is 2.18. The van der Waals surface area contributed by atoms with Gasteiger partial charge in [-0.2, -0.15) is 4.98 Å². The van der Waals surface area contributed by atoms with Crippen molar-refractivity contribution in [3.63, 3.8) is 0 Å². The lowest BCUT2D eigenvalue weighted by Gasteiger charge is -2.01. The lowest BCUT2D eigenvalue weighted by Crippen LogP contribution is -2.07. The first-order valence-corrected chi connectivity index (χ1v) is 5.35. The molecule has 17 heavy (non-hydrogen) atoms. The third-order valence-electron chi connectivity index (χ3n) is 2.44. The number of carbonyl (C=O) groups excluding carboxylic acids is 1. The van der Waals surface area contributed by atoms with Crippen LogP contribution in [0.4, 0.5) is 0 Å². The van der Waals surface area contributed by atoms with Crippen molar-refractivity contribution in [2.75, 3.05) is 0 Å². The molecule has 0 aliphatic heterocycles. The first kappa shape index (κ1) is 11.4. The maximum atomic E-state index is 11.5. The third kappa shape index (κ3) is 2.35. The number of hydrogen-bond donors (Lipinski definition) is 0. The Labute approximate surface area is 98.1 Å². The highest BCUT2D eigenvalue weighted by Gasteiger charge is 2.20. The second-order valence-electron chi connectivity index (χ2n) is 3.59. The molecular weight excluding hydrogens is 220 g/mol. The third-order valence-corrected chi connectivity index (χ3v) is 2.44. The summed E-state index contributed by atoms with van der Waals surface area (Å²) in [5.41, 5.74) is 0.527. The molecule has 0 radical (unpaired) electrons. The molecule has 6 nitrogen and oxygen atoms in total. The number of rotatable bonds is 4. The highest BCUT2D eigenvalue weighted by molar-refractivity contribution is 5.84. The molecule has 6 heteroatoms. The van der Waals surface area contributed by atoms with Gasteiger partial charge < -0.3 is 4.52 Å². The summed E-state index contributed by atoms with van der Waals surface area (Å²) in [6.07, 6.45) is 5.10. The Kier molecular flexibility index (Phi) is 3.22. The normalized spacial score (nSPS) is 12.4. The maximum absolute atomic E-state index is 11.5. The van der Waals surface area contributed by atoms with Gasteiger partial charge in [-0.3, -0.25) is 9.78 Å². The van der Waals surface area contributed by atoms with Crippen LogP contribution in [0.5, 0.6) is 0 Å². The van der Waals surface area contributed by atoms with E-state index >= 15 is 0 Å². The topological polar surface area (TPSA) is 81.8 Å². The average Bonchev–Trinajstić information content (AvgIpc) is 2.87. The van der Waals surface area contributed by atoms with E-state index in [1.165, 1.54) is 0 Å². The average molecular weight is 232 g/mol. The molecule has 88 valence electrons. The number of Topliss-reactive ketones (excluding diaryl/α,β-unsaturated/α-hetero) is 1. The minimum Gasteiger partial charge on any atom is -0.338 e. The number of hydrogen-bond acceptors (Lipinski definition) is 6. The molecule has 0 saturated carbocycles. The molecule has 0 bridgehead atoms. The van der Waals surface area contributed by atoms with Crippen molar-refractivity contribution in [2.24, 2.45) is 0 Å². The summed E-state index contributed by atoms with van der Waals surface area (Å²) in [6, 6.07) is 0. The maximum Gasteiger partial charge on any atom is 0.237 e. The molecular formula is C11H12N4O2. The van der Waals surface area contributed by atoms with Crippen molar-refractivity contribution in [3.8, 4) is 11.5 Å². The fourth-order valence-electron chi connectivity index (χ4n) is 1.37. The highest BCUT2D eigenvalue weighted by atomic mass is 16.5. The zero-order chi connectivity index (χ0) is 12.3. The van der Waals surface area contributed by atoms with E-state index in [4.69, 9.17) is 4.52 Å². The van der Waals surface area contributed by atoms with Crippen molar-refractivity contribution < 1.29 is 9.32 Å². The van der Waals surface area contributed by atoms with E-state index in [0.29, 0.717) is 23.8 Å². The number of aromatic nitrogens is 4. The molecule has 0 spiro atoms. The van der Waals surface area contributed by atoms with Gasteiger partial charge in [0.05, 0.1) is 12.1 Å². The first-order valence-electron chi connectivity index (χ1n) is 5.35. The standard InChI is InChI=1S/C11H12N4O2/c1-3-9(16)7(2)11-14-10(15-17-11)8-6-12-4-5-13-8/h4-7H,3H2,1-2H3. The first-order chi connectivity index (χ1) is 8.22. The minimum absolute atomic E-state index is 0.0688. The lowest BCUT2D eigenvalue weighted by atomic mass is 10.1. The van der Waals surface area contributed by atoms with E-state index < -0.39 is 0 Å². The Morgan fingerprint density at radius 2 is 2.29 bits per heavy atom. The van der Waals surface area contributed by atoms with Crippen LogP contribution in [-0.2, 0) is 4.79 Å². The molecule has 2 aromatic heterocycles. The second-order valence-corrected chi connectivity index (χ2v) is 3.59. The van der Waals surface area contributed by atoms with Crippen molar-refractivity contribution in [3.05, 3.63) is 24.5 Å². The van der Waals surface area contributed by atoms with E-state index in [0.717, 1.165) is 0 Å². The van der Waals surface area contributed by atoms with Gasteiger partial charge in [0.1, 0.15) is 11.5 Å². The zero-order valence-corrected chi connectivity index (χ0v) is 9.62. The number of carbonyl (C=O) groups is 1. The molecule has 2 rings (SSSR count). The van der Waals surface area contributed by atoms with Gasteiger partial charge in [-0.15, -0.1) is 0 Å². The van der Waals surface area contributed by atoms with Gasteiger partial charge in [-0.1, -0.05) is 12.1 Å². The van der Waals surface area contributed by atoms with Crippen LogP contribution in [0.25, 0.3) is 11.5 Å². The molecule has 1 unspecified atom stereocenters. The van der Waals surface area contributed by atoms with Gasteiger partial charge in [0.25, 0.3) is 0 Å². The number of ketones is 1. The summed E-state index contributed by atoms with van der Waals surface area (Å²) in [7, 11) is 0. The van der Waals surface area contributed by atoms with Crippen LogP contribution in [0.2, 0.25) is 0 Å². The van der Waals surface area contributed by atoms with Crippen molar-refractivity contribution >= 4 is 5.78 Å². The molecule has 2 heterocycles. The van der Waals surface area contributed by atoms with Gasteiger partial charge >= 0.3 is 0 Å². The van der Waals surface area contributed by atoms with Gasteiger partial charge in [0.2, 0.25) is 11.7 Å². The molecule has 0 N–H and O–H groups in total. The summed E-state index contributed by atoms with van der Waals surface area (Å²) >= 11 is 0. The fraction of sp³-hybridized carbons (Fsp3) is 0.364. The molecule has 1 atom stereocenters. The van der Waals surface area contributed by atoms with Crippen LogP contribution in [0.1, 0.15) is 32.1 Å². The summed E-state index contributed by atoms with van der Waals surface area (Å²) in [5.74, 6) is 0.360. The number of nitrogens with zero attached hydrogens (tertiary/aromatic N) is 4. The van der Waals surface area contributed by atoms with E-state index in [9.17, 15) is 4.79 Å². The molecule has 0 saturated heterocycles. The van der Waals surface area contributed by atoms with Crippen LogP contribution in [0, 0.1) is 0 Å². The quantitative estimate of drug-likeness (QED) is 0.796. The smallest absolute Gasteiger partial charge is 0.237 e. The van der Waals surface area contributed by atoms with E-state index in [-0.39, 0.29) is 11.7 Å². The van der Waals surface area contributed by atoms with E-state index in [2.05, 4.69) is 20.1 Å². The molecule has 0 amide bonds. The van der Waals surface area contributed by atoms with Crippen molar-refractivity contribution in [1.82, 2.24) is 20.1 Å². The van der Waals surface area contributed by atoms with E-state index in [1.807, 2.05) is 0 Å². The van der Waals surface area contributed by atoms with Gasteiger partial charge in [0, 0.05) is 18.8 Å². The van der Waals surface area contributed by atoms with E-state index in [1.54, 1.807) is 32.4 Å². The molecule has 0 aliphatic carbocycles. The Hall–Kier alpha value is -2.11. The Bertz CT molecular complexity index is 509. The second kappa shape index (κ2) is 4.82. The van der Waals surface area contributed by atoms with Gasteiger partial charge in [-0.05, 0) is 6.92 Å². The Balaban J connectivity index is 2.25. The van der Waals surface area contributed by atoms with Crippen LogP contribution in [0.15, 0.2) is 23.1 Å². The summed E-state index contributed by atoms with van der Waals surface area (Å²) in [6.45, 7) is 3.55. The Morgan fingerprint density at radius 1 is 1.47 bits per heavy atom. The van der Waals surface area contributed by atoms with Crippen LogP contribution in [-0.4, -0.2) is 25.9 Å². The molecule has 0 aliphatic rings. The van der Waals surface area contributed by atoms with Crippen molar-refractivity contribution in [2.45, 2.75) is 26.2 Å². The molecule has 0 aromatic carbocycles. The minimum atomic E-state index is -0.377. The SMILES string of the molecule is CCC(=O)C(C)c1nc(-c2cnccn2)no1. The monoisotopic (exact) mass is 232 g/mol. The predicted molar refractivity (Wildman–Crippen MR) is 59.0 cm³/mol. The Morgan fingerprint density at radius 3 is 2.94 bits per heavy atom. The predicted octanol–water partition coefficient (Wildman–Crippen LogP) is 1.61. The largest absolute Gasteiger partial charge is 0.338 e. The van der Waals surface area contributed by atoms with Gasteiger partial charge in [-0.25, -0.2) is 4.98 Å². The summed E-state index contributed by atoms with van der Waals surface area (Å²) in [4.78, 5) is 23.6. The molecule has 0 fully saturated rings. The molecule has 2 aromatic rings. The van der Waals surface area contributed by atoms with Crippen LogP contribution in [0.3, 0.4) is 0 Å².